The first-order valence-electron chi connectivity index (χ1n) is 6.28. The minimum absolute atomic E-state index is 0.0949. The fraction of sp³-hybridized carbons (Fsp3) is 0.500. The highest BCUT2D eigenvalue weighted by Gasteiger charge is 2.31. The van der Waals surface area contributed by atoms with Crippen LogP contribution in [0.5, 0.6) is 0 Å². The second-order valence-electron chi connectivity index (χ2n) is 5.03. The van der Waals surface area contributed by atoms with Crippen LogP contribution in [0.15, 0.2) is 24.3 Å². The molecule has 0 unspecified atom stereocenters. The second kappa shape index (κ2) is 5.72. The van der Waals surface area contributed by atoms with Gasteiger partial charge >= 0.3 is 0 Å². The lowest BCUT2D eigenvalue weighted by Gasteiger charge is -2.23. The van der Waals surface area contributed by atoms with Crippen LogP contribution in [0.25, 0.3) is 0 Å². The van der Waals surface area contributed by atoms with Crippen molar-refractivity contribution in [2.75, 3.05) is 20.1 Å². The molecule has 1 aliphatic heterocycles. The van der Waals surface area contributed by atoms with E-state index in [2.05, 4.69) is 12.2 Å². The number of amides is 1. The third kappa shape index (κ3) is 2.85. The SMILES string of the molecule is C[C@@H]1CNC[C@H]1C(=O)N(C)Cc1ccccc1Cl. The fourth-order valence-electron chi connectivity index (χ4n) is 2.38. The molecule has 1 fully saturated rings. The zero-order chi connectivity index (χ0) is 13.1. The third-order valence-electron chi connectivity index (χ3n) is 3.58. The number of halogens is 1. The highest BCUT2D eigenvalue weighted by atomic mass is 35.5. The maximum absolute atomic E-state index is 12.3. The average molecular weight is 267 g/mol. The molecule has 1 aromatic carbocycles. The van der Waals surface area contributed by atoms with Crippen molar-refractivity contribution in [2.45, 2.75) is 13.5 Å². The molecule has 2 atom stereocenters. The molecule has 2 rings (SSSR count). The molecule has 0 radical (unpaired) electrons. The van der Waals surface area contributed by atoms with Crippen molar-refractivity contribution in [3.63, 3.8) is 0 Å². The number of nitrogens with one attached hydrogen (secondary N) is 1. The van der Waals surface area contributed by atoms with E-state index in [1.54, 1.807) is 4.90 Å². The molecule has 18 heavy (non-hydrogen) atoms. The average Bonchev–Trinajstić information content (AvgIpc) is 2.77. The molecule has 3 nitrogen and oxygen atoms in total. The predicted octanol–water partition coefficient (Wildman–Crippen LogP) is 2.15. The van der Waals surface area contributed by atoms with Gasteiger partial charge in [-0.25, -0.2) is 0 Å². The maximum Gasteiger partial charge on any atom is 0.227 e. The molecule has 0 aromatic heterocycles. The summed E-state index contributed by atoms with van der Waals surface area (Å²) in [7, 11) is 1.84. The highest BCUT2D eigenvalue weighted by molar-refractivity contribution is 6.31. The Kier molecular flexibility index (Phi) is 4.25. The summed E-state index contributed by atoms with van der Waals surface area (Å²) in [6.45, 7) is 4.40. The predicted molar refractivity (Wildman–Crippen MR) is 73.4 cm³/mol. The summed E-state index contributed by atoms with van der Waals surface area (Å²) in [6, 6.07) is 7.66. The van der Waals surface area contributed by atoms with Crippen LogP contribution < -0.4 is 5.32 Å². The van der Waals surface area contributed by atoms with E-state index in [0.717, 1.165) is 23.7 Å². The Labute approximate surface area is 113 Å². The van der Waals surface area contributed by atoms with E-state index < -0.39 is 0 Å². The molecular weight excluding hydrogens is 248 g/mol. The van der Waals surface area contributed by atoms with Gasteiger partial charge in [-0.3, -0.25) is 4.79 Å². The minimum Gasteiger partial charge on any atom is -0.341 e. The quantitative estimate of drug-likeness (QED) is 0.909. The molecular formula is C14H19ClN2O. The van der Waals surface area contributed by atoms with Gasteiger partial charge in [0.2, 0.25) is 5.91 Å². The number of hydrogen-bond donors (Lipinski definition) is 1. The molecule has 4 heteroatoms. The van der Waals surface area contributed by atoms with Crippen LogP contribution in [-0.4, -0.2) is 30.9 Å². The van der Waals surface area contributed by atoms with Crippen LogP contribution in [0.2, 0.25) is 5.02 Å². The lowest BCUT2D eigenvalue weighted by molar-refractivity contribution is -0.135. The van der Waals surface area contributed by atoms with Gasteiger partial charge in [0, 0.05) is 25.2 Å². The summed E-state index contributed by atoms with van der Waals surface area (Å²) in [5.41, 5.74) is 0.994. The molecule has 0 bridgehead atoms. The Hall–Kier alpha value is -1.06. The molecule has 1 aromatic rings. The number of nitrogens with zero attached hydrogens (tertiary/aromatic N) is 1. The second-order valence-corrected chi connectivity index (χ2v) is 5.43. The molecule has 0 saturated carbocycles. The van der Waals surface area contributed by atoms with Crippen LogP contribution in [-0.2, 0) is 11.3 Å². The zero-order valence-corrected chi connectivity index (χ0v) is 11.6. The van der Waals surface area contributed by atoms with Crippen molar-refractivity contribution in [3.05, 3.63) is 34.9 Å². The van der Waals surface area contributed by atoms with Crippen LogP contribution in [0.4, 0.5) is 0 Å². The molecule has 1 amide bonds. The lowest BCUT2D eigenvalue weighted by atomic mass is 9.96. The van der Waals surface area contributed by atoms with Gasteiger partial charge in [-0.15, -0.1) is 0 Å². The van der Waals surface area contributed by atoms with E-state index in [-0.39, 0.29) is 11.8 Å². The topological polar surface area (TPSA) is 32.3 Å². The molecule has 0 spiro atoms. The summed E-state index contributed by atoms with van der Waals surface area (Å²) in [5.74, 6) is 0.705. The van der Waals surface area contributed by atoms with Crippen LogP contribution in [0, 0.1) is 11.8 Å². The van der Waals surface area contributed by atoms with Crippen LogP contribution in [0.3, 0.4) is 0 Å². The number of hydrogen-bond acceptors (Lipinski definition) is 2. The maximum atomic E-state index is 12.3. The zero-order valence-electron chi connectivity index (χ0n) is 10.8. The lowest BCUT2D eigenvalue weighted by Crippen LogP contribution is -2.35. The first-order chi connectivity index (χ1) is 8.59. The Bertz CT molecular complexity index is 436. The number of carbonyl (C=O) groups excluding carboxylic acids is 1. The summed E-state index contributed by atoms with van der Waals surface area (Å²) >= 11 is 6.11. The smallest absolute Gasteiger partial charge is 0.227 e. The van der Waals surface area contributed by atoms with Crippen molar-refractivity contribution in [1.29, 1.82) is 0 Å². The Morgan fingerprint density at radius 2 is 2.17 bits per heavy atom. The summed E-state index contributed by atoms with van der Waals surface area (Å²) < 4.78 is 0. The van der Waals surface area contributed by atoms with E-state index in [1.165, 1.54) is 0 Å². The van der Waals surface area contributed by atoms with Crippen molar-refractivity contribution < 1.29 is 4.79 Å². The number of carbonyl (C=O) groups is 1. The van der Waals surface area contributed by atoms with Crippen molar-refractivity contribution >= 4 is 17.5 Å². The van der Waals surface area contributed by atoms with Gasteiger partial charge in [0.05, 0.1) is 5.92 Å². The first-order valence-corrected chi connectivity index (χ1v) is 6.66. The van der Waals surface area contributed by atoms with E-state index in [4.69, 9.17) is 11.6 Å². The van der Waals surface area contributed by atoms with E-state index >= 15 is 0 Å². The Morgan fingerprint density at radius 3 is 2.78 bits per heavy atom. The third-order valence-corrected chi connectivity index (χ3v) is 3.94. The van der Waals surface area contributed by atoms with Gasteiger partial charge < -0.3 is 10.2 Å². The number of rotatable bonds is 3. The molecule has 1 saturated heterocycles. The first kappa shape index (κ1) is 13.4. The van der Waals surface area contributed by atoms with E-state index in [9.17, 15) is 4.79 Å². The molecule has 1 N–H and O–H groups in total. The molecule has 0 aliphatic carbocycles. The monoisotopic (exact) mass is 266 g/mol. The minimum atomic E-state index is 0.0949. The van der Waals surface area contributed by atoms with Gasteiger partial charge in [-0.05, 0) is 24.1 Å². The van der Waals surface area contributed by atoms with Gasteiger partial charge in [0.1, 0.15) is 0 Å². The normalized spacial score (nSPS) is 23.1. The van der Waals surface area contributed by atoms with Gasteiger partial charge in [0.15, 0.2) is 0 Å². The van der Waals surface area contributed by atoms with Crippen molar-refractivity contribution in [2.24, 2.45) is 11.8 Å². The Morgan fingerprint density at radius 1 is 1.44 bits per heavy atom. The molecule has 1 aliphatic rings. The fourth-order valence-corrected chi connectivity index (χ4v) is 2.58. The largest absolute Gasteiger partial charge is 0.341 e. The molecule has 98 valence electrons. The van der Waals surface area contributed by atoms with Crippen molar-refractivity contribution in [3.8, 4) is 0 Å². The van der Waals surface area contributed by atoms with E-state index in [1.807, 2.05) is 31.3 Å². The van der Waals surface area contributed by atoms with Crippen LogP contribution in [0.1, 0.15) is 12.5 Å². The Balaban J connectivity index is 2.01. The summed E-state index contributed by atoms with van der Waals surface area (Å²) in [4.78, 5) is 14.1. The van der Waals surface area contributed by atoms with Gasteiger partial charge in [-0.2, -0.15) is 0 Å². The van der Waals surface area contributed by atoms with Gasteiger partial charge in [-0.1, -0.05) is 36.7 Å². The van der Waals surface area contributed by atoms with Crippen molar-refractivity contribution in [1.82, 2.24) is 10.2 Å². The highest BCUT2D eigenvalue weighted by Crippen LogP contribution is 2.21. The van der Waals surface area contributed by atoms with Crippen LogP contribution >= 0.6 is 11.6 Å². The number of benzene rings is 1. The standard InChI is InChI=1S/C14H19ClN2O/c1-10-7-16-8-12(10)14(18)17(2)9-11-5-3-4-6-13(11)15/h3-6,10,12,16H,7-9H2,1-2H3/t10-,12-/m1/s1. The summed E-state index contributed by atoms with van der Waals surface area (Å²) in [5, 5.41) is 3.98. The summed E-state index contributed by atoms with van der Waals surface area (Å²) in [6.07, 6.45) is 0. The van der Waals surface area contributed by atoms with Gasteiger partial charge in [0.25, 0.3) is 0 Å². The van der Waals surface area contributed by atoms with E-state index in [0.29, 0.717) is 12.5 Å². The molecule has 1 heterocycles.